The normalized spacial score (nSPS) is 19.4. The molecule has 0 saturated heterocycles. The molecule has 0 fully saturated rings. The largest absolute Gasteiger partial charge is 0.543 e. The van der Waals surface area contributed by atoms with Gasteiger partial charge in [0.1, 0.15) is 17.1 Å². The van der Waals surface area contributed by atoms with Crippen LogP contribution in [0.5, 0.6) is 11.5 Å². The van der Waals surface area contributed by atoms with Crippen LogP contribution in [0.4, 0.5) is 0 Å². The zero-order valence-electron chi connectivity index (χ0n) is 21.6. The lowest BCUT2D eigenvalue weighted by Gasteiger charge is -2.40. The molecule has 1 aromatic rings. The molecule has 0 unspecified atom stereocenters. The maximum absolute atomic E-state index is 8.89. The molecule has 0 aromatic heterocycles. The summed E-state index contributed by atoms with van der Waals surface area (Å²) in [6.07, 6.45) is 12.0. The Labute approximate surface area is 192 Å². The van der Waals surface area contributed by atoms with Crippen LogP contribution in [0.3, 0.4) is 0 Å². The Balaban J connectivity index is 2.20. The monoisotopic (exact) mass is 446 g/mol. The Morgan fingerprint density at radius 2 is 1.68 bits per heavy atom. The number of aliphatic hydroxyl groups is 1. The van der Waals surface area contributed by atoms with Crippen LogP contribution in [-0.4, -0.2) is 25.6 Å². The Bertz CT molecular complexity index is 789. The SMILES string of the molecule is Cc1c(C)c2c(c(C)c1O[Si](C)(C)C(C)(C)C)CC[C@@](C)(/C=C/CCCCCCO)O2. The second-order valence-corrected chi connectivity index (χ2v) is 15.8. The van der Waals surface area contributed by atoms with Gasteiger partial charge in [-0.15, -0.1) is 0 Å². The van der Waals surface area contributed by atoms with Crippen molar-refractivity contribution in [1.82, 2.24) is 0 Å². The van der Waals surface area contributed by atoms with Crippen molar-refractivity contribution in [2.45, 2.75) is 117 Å². The second-order valence-electron chi connectivity index (χ2n) is 11.1. The summed E-state index contributed by atoms with van der Waals surface area (Å²) in [5, 5.41) is 9.06. The van der Waals surface area contributed by atoms with Gasteiger partial charge in [0, 0.05) is 12.2 Å². The molecule has 0 radical (unpaired) electrons. The molecule has 0 spiro atoms. The van der Waals surface area contributed by atoms with Crippen molar-refractivity contribution in [1.29, 1.82) is 0 Å². The highest BCUT2D eigenvalue weighted by molar-refractivity contribution is 6.74. The lowest BCUT2D eigenvalue weighted by molar-refractivity contribution is 0.112. The number of aliphatic hydroxyl groups excluding tert-OH is 1. The molecule has 3 nitrogen and oxygen atoms in total. The van der Waals surface area contributed by atoms with Crippen LogP contribution in [0.1, 0.15) is 88.5 Å². The van der Waals surface area contributed by atoms with Gasteiger partial charge < -0.3 is 14.3 Å². The van der Waals surface area contributed by atoms with E-state index < -0.39 is 8.32 Å². The van der Waals surface area contributed by atoms with Crippen molar-refractivity contribution in [3.05, 3.63) is 34.4 Å². The minimum atomic E-state index is -1.91. The van der Waals surface area contributed by atoms with Crippen LogP contribution < -0.4 is 9.16 Å². The number of rotatable bonds is 9. The quantitative estimate of drug-likeness (QED) is 0.241. The smallest absolute Gasteiger partial charge is 0.250 e. The second kappa shape index (κ2) is 10.1. The maximum atomic E-state index is 8.89. The fourth-order valence-electron chi connectivity index (χ4n) is 3.99. The third kappa shape index (κ3) is 6.16. The summed E-state index contributed by atoms with van der Waals surface area (Å²) < 4.78 is 13.4. The summed E-state index contributed by atoms with van der Waals surface area (Å²) in [7, 11) is -1.91. The van der Waals surface area contributed by atoms with E-state index in [1.54, 1.807) is 0 Å². The van der Waals surface area contributed by atoms with Gasteiger partial charge in [-0.25, -0.2) is 0 Å². The first kappa shape index (κ1) is 26.0. The molecule has 0 aliphatic carbocycles. The van der Waals surface area contributed by atoms with E-state index in [9.17, 15) is 0 Å². The first-order valence-electron chi connectivity index (χ1n) is 12.1. The predicted molar refractivity (Wildman–Crippen MR) is 135 cm³/mol. The van der Waals surface area contributed by atoms with Crippen LogP contribution in [0.2, 0.25) is 18.1 Å². The third-order valence-electron chi connectivity index (χ3n) is 7.43. The van der Waals surface area contributed by atoms with Crippen LogP contribution in [0.15, 0.2) is 12.2 Å². The standard InChI is InChI=1S/C27H46O3Si/c1-20-21(2)25-23(22(3)24(20)30-31(8,9)26(4,5)6)16-18-27(7,29-25)17-14-12-10-11-13-15-19-28/h14,17,28H,10-13,15-16,18-19H2,1-9H3/b17-14+/t27-/m1/s1. The zero-order valence-corrected chi connectivity index (χ0v) is 22.6. The fraction of sp³-hybridized carbons (Fsp3) is 0.704. The average Bonchev–Trinajstić information content (AvgIpc) is 2.68. The Morgan fingerprint density at radius 1 is 1.03 bits per heavy atom. The summed E-state index contributed by atoms with van der Waals surface area (Å²) in [6.45, 7) is 20.6. The zero-order chi connectivity index (χ0) is 23.4. The van der Waals surface area contributed by atoms with E-state index in [0.717, 1.165) is 43.6 Å². The molecule has 1 aliphatic rings. The predicted octanol–water partition coefficient (Wildman–Crippen LogP) is 7.58. The van der Waals surface area contributed by atoms with Gasteiger partial charge in [0.05, 0.1) is 0 Å². The summed E-state index contributed by atoms with van der Waals surface area (Å²) in [5.74, 6) is 2.16. The van der Waals surface area contributed by atoms with Gasteiger partial charge in [-0.2, -0.15) is 0 Å². The van der Waals surface area contributed by atoms with Crippen molar-refractivity contribution in [3.8, 4) is 11.5 Å². The lowest BCUT2D eigenvalue weighted by Crippen LogP contribution is -2.44. The van der Waals surface area contributed by atoms with Crippen LogP contribution in [0.25, 0.3) is 0 Å². The van der Waals surface area contributed by atoms with Crippen LogP contribution in [-0.2, 0) is 6.42 Å². The van der Waals surface area contributed by atoms with E-state index >= 15 is 0 Å². The van der Waals surface area contributed by atoms with Crippen LogP contribution in [0, 0.1) is 20.8 Å². The molecule has 2 rings (SSSR count). The van der Waals surface area contributed by atoms with Gasteiger partial charge in [0.2, 0.25) is 0 Å². The Morgan fingerprint density at radius 3 is 2.29 bits per heavy atom. The van der Waals surface area contributed by atoms with Gasteiger partial charge in [0.15, 0.2) is 0 Å². The fourth-order valence-corrected chi connectivity index (χ4v) is 5.11. The Hall–Kier alpha value is -1.26. The molecule has 1 heterocycles. The average molecular weight is 447 g/mol. The minimum absolute atomic E-state index is 0.174. The number of fused-ring (bicyclic) bond motifs is 1. The van der Waals surface area contributed by atoms with Gasteiger partial charge in [-0.05, 0) is 101 Å². The van der Waals surface area contributed by atoms with E-state index in [-0.39, 0.29) is 10.6 Å². The molecule has 1 aromatic carbocycles. The summed E-state index contributed by atoms with van der Waals surface area (Å²) in [4.78, 5) is 0. The van der Waals surface area contributed by atoms with Gasteiger partial charge >= 0.3 is 0 Å². The van der Waals surface area contributed by atoms with Crippen molar-refractivity contribution < 1.29 is 14.3 Å². The molecule has 31 heavy (non-hydrogen) atoms. The Kier molecular flexibility index (Phi) is 8.49. The number of hydrogen-bond acceptors (Lipinski definition) is 3. The summed E-state index contributed by atoms with van der Waals surface area (Å²) >= 11 is 0. The van der Waals surface area contributed by atoms with Gasteiger partial charge in [-0.3, -0.25) is 0 Å². The highest BCUT2D eigenvalue weighted by atomic mass is 28.4. The number of hydrogen-bond donors (Lipinski definition) is 1. The minimum Gasteiger partial charge on any atom is -0.543 e. The first-order valence-corrected chi connectivity index (χ1v) is 15.0. The van der Waals surface area contributed by atoms with E-state index in [2.05, 4.69) is 73.7 Å². The van der Waals surface area contributed by atoms with E-state index in [1.165, 1.54) is 35.1 Å². The first-order chi connectivity index (χ1) is 14.3. The van der Waals surface area contributed by atoms with Crippen molar-refractivity contribution >= 4 is 8.32 Å². The van der Waals surface area contributed by atoms with Crippen molar-refractivity contribution in [2.75, 3.05) is 6.61 Å². The molecular formula is C27H46O3Si. The van der Waals surface area contributed by atoms with Crippen molar-refractivity contribution in [3.63, 3.8) is 0 Å². The molecule has 1 N–H and O–H groups in total. The van der Waals surface area contributed by atoms with Crippen molar-refractivity contribution in [2.24, 2.45) is 0 Å². The summed E-state index contributed by atoms with van der Waals surface area (Å²) in [6, 6.07) is 0. The van der Waals surface area contributed by atoms with E-state index in [1.807, 2.05) is 0 Å². The molecule has 0 bridgehead atoms. The van der Waals surface area contributed by atoms with Gasteiger partial charge in [0.25, 0.3) is 8.32 Å². The molecule has 0 amide bonds. The van der Waals surface area contributed by atoms with Gasteiger partial charge in [-0.1, -0.05) is 39.7 Å². The molecule has 1 aliphatic heterocycles. The topological polar surface area (TPSA) is 38.7 Å². The van der Waals surface area contributed by atoms with E-state index in [4.69, 9.17) is 14.3 Å². The third-order valence-corrected chi connectivity index (χ3v) is 11.8. The molecule has 0 saturated carbocycles. The molecule has 4 heteroatoms. The highest BCUT2D eigenvalue weighted by Crippen LogP contribution is 2.46. The molecule has 1 atom stereocenters. The van der Waals surface area contributed by atoms with E-state index in [0.29, 0.717) is 6.61 Å². The number of ether oxygens (including phenoxy) is 1. The van der Waals surface area contributed by atoms with Crippen LogP contribution >= 0.6 is 0 Å². The summed E-state index contributed by atoms with van der Waals surface area (Å²) in [5.41, 5.74) is 4.78. The number of benzene rings is 1. The molecular weight excluding hydrogens is 400 g/mol. The number of allylic oxidation sites excluding steroid dienone is 1. The number of unbranched alkanes of at least 4 members (excludes halogenated alkanes) is 4. The molecule has 176 valence electrons. The maximum Gasteiger partial charge on any atom is 0.250 e. The highest BCUT2D eigenvalue weighted by Gasteiger charge is 2.40. The lowest BCUT2D eigenvalue weighted by atomic mass is 9.87.